The fraction of sp³-hybridized carbons (Fsp3) is 0.211. The monoisotopic (exact) mass is 302 g/mol. The molecule has 0 spiro atoms. The van der Waals surface area contributed by atoms with Gasteiger partial charge < -0.3 is 9.95 Å². The van der Waals surface area contributed by atoms with Crippen LogP contribution >= 0.6 is 0 Å². The third-order valence-electron chi connectivity index (χ3n) is 4.89. The van der Waals surface area contributed by atoms with Crippen LogP contribution in [0.2, 0.25) is 0 Å². The predicted molar refractivity (Wildman–Crippen MR) is 86.6 cm³/mol. The number of aromatic hydroxyl groups is 1. The fourth-order valence-electron chi connectivity index (χ4n) is 3.67. The minimum Gasteiger partial charge on any atom is -0.508 e. The number of allylic oxidation sites excluding steroid dienone is 2. The number of hydrogen-bond donors (Lipinski definition) is 1. The second-order valence-corrected chi connectivity index (χ2v) is 6.49. The van der Waals surface area contributed by atoms with Crippen molar-refractivity contribution in [3.63, 3.8) is 0 Å². The Kier molecular flexibility index (Phi) is 2.56. The maximum atomic E-state index is 13.0. The van der Waals surface area contributed by atoms with Gasteiger partial charge in [0.15, 0.2) is 5.78 Å². The van der Waals surface area contributed by atoms with E-state index in [-0.39, 0.29) is 16.9 Å². The van der Waals surface area contributed by atoms with Gasteiger partial charge >= 0.3 is 0 Å². The molecule has 4 heteroatoms. The number of rotatable bonds is 0. The minimum atomic E-state index is -0.365. The summed E-state index contributed by atoms with van der Waals surface area (Å²) in [4.78, 5) is 20.7. The van der Waals surface area contributed by atoms with Crippen LogP contribution in [0.1, 0.15) is 41.0 Å². The molecule has 2 aliphatic carbocycles. The third kappa shape index (κ3) is 1.71. The van der Waals surface area contributed by atoms with Gasteiger partial charge in [-0.3, -0.25) is 4.79 Å². The van der Waals surface area contributed by atoms with Gasteiger partial charge in [-0.1, -0.05) is 26.5 Å². The number of hydrogen-bond acceptors (Lipinski definition) is 3. The summed E-state index contributed by atoms with van der Waals surface area (Å²) in [6.07, 6.45) is 0.571. The molecule has 0 aliphatic heterocycles. The maximum absolute atomic E-state index is 13.0. The zero-order valence-electron chi connectivity index (χ0n) is 12.8. The van der Waals surface area contributed by atoms with E-state index in [1.807, 2.05) is 6.07 Å². The van der Waals surface area contributed by atoms with Crippen LogP contribution in [-0.4, -0.2) is 15.9 Å². The molecule has 0 saturated carbocycles. The van der Waals surface area contributed by atoms with Gasteiger partial charge in [0.2, 0.25) is 0 Å². The van der Waals surface area contributed by atoms with Gasteiger partial charge in [0.1, 0.15) is 11.4 Å². The lowest BCUT2D eigenvalue weighted by Gasteiger charge is -2.34. The Morgan fingerprint density at radius 1 is 1.22 bits per heavy atom. The zero-order valence-corrected chi connectivity index (χ0v) is 12.8. The van der Waals surface area contributed by atoms with Gasteiger partial charge in [-0.15, -0.1) is 4.98 Å². The standard InChI is InChI=1S/C19H14N2O2/c1-19(2)13-8-10(22)4-5-11(13)18(23)17-12-6-7-16(20-3)21-15(12)9-14(17)19/h4-8,22H,9H2,1-2H3. The number of nitrogens with zero attached hydrogens (tertiary/aromatic N) is 2. The van der Waals surface area contributed by atoms with Crippen LogP contribution in [0.5, 0.6) is 5.75 Å². The summed E-state index contributed by atoms with van der Waals surface area (Å²) in [6, 6.07) is 8.41. The molecule has 0 atom stereocenters. The Labute approximate surface area is 133 Å². The average Bonchev–Trinajstić information content (AvgIpc) is 2.92. The zero-order chi connectivity index (χ0) is 16.4. The summed E-state index contributed by atoms with van der Waals surface area (Å²) in [7, 11) is 0. The highest BCUT2D eigenvalue weighted by Crippen LogP contribution is 2.50. The van der Waals surface area contributed by atoms with Crippen molar-refractivity contribution in [2.75, 3.05) is 0 Å². The van der Waals surface area contributed by atoms with Crippen LogP contribution in [0.3, 0.4) is 0 Å². The number of fused-ring (bicyclic) bond motifs is 3. The highest BCUT2D eigenvalue weighted by atomic mass is 16.3. The molecule has 112 valence electrons. The summed E-state index contributed by atoms with van der Waals surface area (Å²) in [5, 5.41) is 9.82. The highest BCUT2D eigenvalue weighted by Gasteiger charge is 2.44. The molecule has 0 saturated heterocycles. The smallest absolute Gasteiger partial charge is 0.269 e. The number of carbonyl (C=O) groups excluding carboxylic acids is 1. The molecule has 1 heterocycles. The van der Waals surface area contributed by atoms with Crippen molar-refractivity contribution in [2.24, 2.45) is 0 Å². The first-order valence-corrected chi connectivity index (χ1v) is 7.43. The van der Waals surface area contributed by atoms with E-state index in [1.165, 1.54) is 0 Å². The molecule has 23 heavy (non-hydrogen) atoms. The molecule has 0 bridgehead atoms. The number of benzene rings is 1. The number of aromatic nitrogens is 1. The van der Waals surface area contributed by atoms with Crippen molar-refractivity contribution in [3.05, 3.63) is 69.7 Å². The number of phenolic OH excluding ortho intramolecular Hbond substituents is 1. The van der Waals surface area contributed by atoms with Gasteiger partial charge in [-0.25, -0.2) is 0 Å². The van der Waals surface area contributed by atoms with E-state index in [1.54, 1.807) is 24.3 Å². The fourth-order valence-corrected chi connectivity index (χ4v) is 3.67. The van der Waals surface area contributed by atoms with E-state index in [4.69, 9.17) is 6.57 Å². The predicted octanol–water partition coefficient (Wildman–Crippen LogP) is 3.82. The van der Waals surface area contributed by atoms with Crippen molar-refractivity contribution in [3.8, 4) is 5.75 Å². The molecule has 2 aromatic rings. The van der Waals surface area contributed by atoms with E-state index >= 15 is 0 Å². The van der Waals surface area contributed by atoms with Crippen LogP contribution < -0.4 is 0 Å². The number of carbonyl (C=O) groups is 1. The Balaban J connectivity index is 1.97. The minimum absolute atomic E-state index is 0.0227. The lowest BCUT2D eigenvalue weighted by atomic mass is 9.68. The second-order valence-electron chi connectivity index (χ2n) is 6.49. The maximum Gasteiger partial charge on any atom is 0.269 e. The van der Waals surface area contributed by atoms with Crippen LogP contribution in [0, 0.1) is 6.57 Å². The molecule has 0 amide bonds. The largest absolute Gasteiger partial charge is 0.508 e. The molecule has 0 radical (unpaired) electrons. The molecule has 1 aromatic carbocycles. The first kappa shape index (κ1) is 13.7. The van der Waals surface area contributed by atoms with Crippen molar-refractivity contribution < 1.29 is 9.90 Å². The van der Waals surface area contributed by atoms with Gasteiger partial charge in [-0.2, -0.15) is 0 Å². The first-order valence-electron chi connectivity index (χ1n) is 7.43. The molecule has 4 nitrogen and oxygen atoms in total. The number of pyridine rings is 1. The summed E-state index contributed by atoms with van der Waals surface area (Å²) in [5.74, 6) is 0.493. The third-order valence-corrected chi connectivity index (χ3v) is 4.89. The number of phenols is 1. The quantitative estimate of drug-likeness (QED) is 0.753. The van der Waals surface area contributed by atoms with Crippen molar-refractivity contribution in [2.45, 2.75) is 25.7 Å². The molecule has 1 N–H and O–H groups in total. The van der Waals surface area contributed by atoms with Crippen molar-refractivity contribution in [1.82, 2.24) is 4.98 Å². The van der Waals surface area contributed by atoms with Gasteiger partial charge in [-0.05, 0) is 35.4 Å². The SMILES string of the molecule is [C-]#[N+]c1ccc2c(n1)CC1=C2C(=O)c2ccc(O)cc2C1(C)C. The molecule has 4 rings (SSSR count). The number of Topliss-reactive ketones (excluding diaryl/α,β-unsaturated/α-hetero) is 1. The average molecular weight is 302 g/mol. The molecular formula is C19H14N2O2. The molecule has 0 fully saturated rings. The van der Waals surface area contributed by atoms with E-state index < -0.39 is 0 Å². The lowest BCUT2D eigenvalue weighted by Crippen LogP contribution is -2.29. The van der Waals surface area contributed by atoms with Gasteiger partial charge in [0.25, 0.3) is 5.82 Å². The van der Waals surface area contributed by atoms with Crippen molar-refractivity contribution in [1.29, 1.82) is 0 Å². The summed E-state index contributed by atoms with van der Waals surface area (Å²) >= 11 is 0. The van der Waals surface area contributed by atoms with Crippen LogP contribution in [-0.2, 0) is 11.8 Å². The van der Waals surface area contributed by atoms with Crippen LogP contribution in [0.15, 0.2) is 35.9 Å². The van der Waals surface area contributed by atoms with Crippen LogP contribution in [0.4, 0.5) is 5.82 Å². The first-order chi connectivity index (χ1) is 10.9. The van der Waals surface area contributed by atoms with Gasteiger partial charge in [0, 0.05) is 28.5 Å². The molecule has 2 aliphatic rings. The van der Waals surface area contributed by atoms with E-state index in [9.17, 15) is 9.90 Å². The summed E-state index contributed by atoms with van der Waals surface area (Å²) in [6.45, 7) is 11.2. The summed E-state index contributed by atoms with van der Waals surface area (Å²) in [5.41, 5.74) is 4.48. The lowest BCUT2D eigenvalue weighted by molar-refractivity contribution is 0.105. The van der Waals surface area contributed by atoms with Crippen LogP contribution in [0.25, 0.3) is 10.4 Å². The molecule has 0 unspecified atom stereocenters. The Morgan fingerprint density at radius 3 is 2.70 bits per heavy atom. The van der Waals surface area contributed by atoms with E-state index in [0.717, 1.165) is 22.4 Å². The van der Waals surface area contributed by atoms with E-state index in [0.29, 0.717) is 23.4 Å². The Bertz CT molecular complexity index is 962. The molecular weight excluding hydrogens is 288 g/mol. The summed E-state index contributed by atoms with van der Waals surface area (Å²) < 4.78 is 0. The van der Waals surface area contributed by atoms with E-state index in [2.05, 4.69) is 23.7 Å². The normalized spacial score (nSPS) is 17.3. The van der Waals surface area contributed by atoms with Gasteiger partial charge in [0.05, 0.1) is 0 Å². The number of ketones is 1. The second kappa shape index (κ2) is 4.30. The molecule has 1 aromatic heterocycles. The topological polar surface area (TPSA) is 54.5 Å². The Morgan fingerprint density at radius 2 is 1.96 bits per heavy atom. The highest BCUT2D eigenvalue weighted by molar-refractivity contribution is 6.32. The Hall–Kier alpha value is -2.93. The van der Waals surface area contributed by atoms with Crippen molar-refractivity contribution >= 4 is 17.2 Å².